The molecule has 0 unspecified atom stereocenters. The number of methoxy groups -OCH3 is 1. The molecular formula is C19H19BrN2O4S. The van der Waals surface area contributed by atoms with Crippen molar-refractivity contribution in [3.05, 3.63) is 64.5 Å². The van der Waals surface area contributed by atoms with E-state index in [0.717, 1.165) is 9.37 Å². The first kappa shape index (κ1) is 21.0. The largest absolute Gasteiger partial charge is 0.509 e. The smallest absolute Gasteiger partial charge is 0.362 e. The molecule has 0 saturated carbocycles. The standard InChI is InChI=1S/C19H19BrN2O4S/c1-3-26-19(24)18(22-21-14-6-8-15(25-2)9-7-14)17(23)12-27-16-10-4-13(20)5-11-16/h4-11,23H,3,12H2,1-2H3/b18-17-,22-21?. The molecule has 2 aromatic carbocycles. The highest BCUT2D eigenvalue weighted by molar-refractivity contribution is 9.10. The number of rotatable bonds is 8. The highest BCUT2D eigenvalue weighted by Crippen LogP contribution is 2.24. The normalized spacial score (nSPS) is 12.0. The van der Waals surface area contributed by atoms with Crippen molar-refractivity contribution in [2.75, 3.05) is 19.5 Å². The maximum absolute atomic E-state index is 12.1. The first-order chi connectivity index (χ1) is 13.0. The Bertz CT molecular complexity index is 821. The second-order valence-electron chi connectivity index (χ2n) is 5.16. The number of nitrogens with zero attached hydrogens (tertiary/aromatic N) is 2. The molecule has 0 radical (unpaired) electrons. The van der Waals surface area contributed by atoms with Gasteiger partial charge in [0.05, 0.1) is 25.2 Å². The Morgan fingerprint density at radius 1 is 1.15 bits per heavy atom. The van der Waals surface area contributed by atoms with Gasteiger partial charge in [-0.1, -0.05) is 15.9 Å². The second-order valence-corrected chi connectivity index (χ2v) is 7.12. The summed E-state index contributed by atoms with van der Waals surface area (Å²) in [6.07, 6.45) is 0. The van der Waals surface area contributed by atoms with Crippen LogP contribution in [0.15, 0.2) is 79.6 Å². The van der Waals surface area contributed by atoms with Gasteiger partial charge in [-0.15, -0.1) is 16.9 Å². The van der Waals surface area contributed by atoms with Crippen LogP contribution in [-0.4, -0.2) is 30.5 Å². The van der Waals surface area contributed by atoms with Crippen molar-refractivity contribution in [3.63, 3.8) is 0 Å². The number of benzene rings is 2. The number of esters is 1. The average molecular weight is 451 g/mol. The first-order valence-electron chi connectivity index (χ1n) is 8.07. The fraction of sp³-hybridized carbons (Fsp3) is 0.211. The molecule has 0 amide bonds. The average Bonchev–Trinajstić information content (AvgIpc) is 2.68. The van der Waals surface area contributed by atoms with Gasteiger partial charge in [0.25, 0.3) is 0 Å². The minimum Gasteiger partial charge on any atom is -0.509 e. The van der Waals surface area contributed by atoms with Crippen LogP contribution in [0.25, 0.3) is 0 Å². The molecule has 2 aromatic rings. The molecule has 0 saturated heterocycles. The number of thioether (sulfide) groups is 1. The molecule has 2 rings (SSSR count). The highest BCUT2D eigenvalue weighted by Gasteiger charge is 2.17. The van der Waals surface area contributed by atoms with Gasteiger partial charge < -0.3 is 14.6 Å². The van der Waals surface area contributed by atoms with Gasteiger partial charge in [-0.2, -0.15) is 5.11 Å². The highest BCUT2D eigenvalue weighted by atomic mass is 79.9. The number of aliphatic hydroxyl groups is 1. The maximum Gasteiger partial charge on any atom is 0.362 e. The minimum atomic E-state index is -0.719. The fourth-order valence-electron chi connectivity index (χ4n) is 1.92. The van der Waals surface area contributed by atoms with Crippen LogP contribution < -0.4 is 4.74 Å². The lowest BCUT2D eigenvalue weighted by molar-refractivity contribution is -0.138. The molecule has 0 aliphatic rings. The van der Waals surface area contributed by atoms with E-state index >= 15 is 0 Å². The summed E-state index contributed by atoms with van der Waals surface area (Å²) in [7, 11) is 1.57. The van der Waals surface area contributed by atoms with E-state index in [-0.39, 0.29) is 23.8 Å². The van der Waals surface area contributed by atoms with E-state index in [1.54, 1.807) is 38.3 Å². The van der Waals surface area contributed by atoms with Crippen molar-refractivity contribution in [1.29, 1.82) is 0 Å². The second kappa shape index (κ2) is 10.7. The van der Waals surface area contributed by atoms with Crippen LogP contribution in [0.4, 0.5) is 5.69 Å². The lowest BCUT2D eigenvalue weighted by atomic mass is 10.3. The van der Waals surface area contributed by atoms with E-state index in [1.165, 1.54) is 11.8 Å². The molecule has 27 heavy (non-hydrogen) atoms. The molecule has 0 aliphatic heterocycles. The van der Waals surface area contributed by atoms with Gasteiger partial charge in [-0.3, -0.25) is 0 Å². The number of hydrogen-bond donors (Lipinski definition) is 1. The molecule has 0 bridgehead atoms. The predicted molar refractivity (Wildman–Crippen MR) is 109 cm³/mol. The quantitative estimate of drug-likeness (QED) is 0.184. The monoisotopic (exact) mass is 450 g/mol. The van der Waals surface area contributed by atoms with E-state index in [4.69, 9.17) is 9.47 Å². The van der Waals surface area contributed by atoms with Gasteiger partial charge in [-0.05, 0) is 55.5 Å². The first-order valence-corrected chi connectivity index (χ1v) is 9.84. The van der Waals surface area contributed by atoms with E-state index in [0.29, 0.717) is 11.4 Å². The number of aliphatic hydroxyl groups excluding tert-OH is 1. The van der Waals surface area contributed by atoms with Gasteiger partial charge in [0, 0.05) is 9.37 Å². The van der Waals surface area contributed by atoms with Crippen molar-refractivity contribution in [2.45, 2.75) is 11.8 Å². The number of hydrogen-bond acceptors (Lipinski definition) is 7. The number of carbonyl (C=O) groups is 1. The molecule has 142 valence electrons. The number of halogens is 1. The van der Waals surface area contributed by atoms with Gasteiger partial charge >= 0.3 is 5.97 Å². The lowest BCUT2D eigenvalue weighted by Crippen LogP contribution is -2.09. The lowest BCUT2D eigenvalue weighted by Gasteiger charge is -2.06. The summed E-state index contributed by atoms with van der Waals surface area (Å²) in [5.74, 6) is -0.0663. The summed E-state index contributed by atoms with van der Waals surface area (Å²) in [5, 5.41) is 18.3. The van der Waals surface area contributed by atoms with Crippen molar-refractivity contribution >= 4 is 39.3 Å². The zero-order valence-electron chi connectivity index (χ0n) is 14.9. The van der Waals surface area contributed by atoms with Gasteiger partial charge in [0.1, 0.15) is 11.5 Å². The Morgan fingerprint density at radius 3 is 2.41 bits per heavy atom. The molecular weight excluding hydrogens is 432 g/mol. The summed E-state index contributed by atoms with van der Waals surface area (Å²) in [6.45, 7) is 1.86. The minimum absolute atomic E-state index is 0.164. The molecule has 0 heterocycles. The van der Waals surface area contributed by atoms with Crippen LogP contribution in [-0.2, 0) is 9.53 Å². The van der Waals surface area contributed by atoms with E-state index in [1.807, 2.05) is 24.3 Å². The van der Waals surface area contributed by atoms with Gasteiger partial charge in [0.2, 0.25) is 5.70 Å². The summed E-state index contributed by atoms with van der Waals surface area (Å²) in [4.78, 5) is 13.1. The predicted octanol–water partition coefficient (Wildman–Crippen LogP) is 5.67. The zero-order valence-corrected chi connectivity index (χ0v) is 17.3. The third-order valence-electron chi connectivity index (χ3n) is 3.27. The third-order valence-corrected chi connectivity index (χ3v) is 4.82. The van der Waals surface area contributed by atoms with E-state index in [2.05, 4.69) is 26.2 Å². The molecule has 1 N–H and O–H groups in total. The van der Waals surface area contributed by atoms with Crippen LogP contribution in [0.1, 0.15) is 6.92 Å². The van der Waals surface area contributed by atoms with E-state index < -0.39 is 5.97 Å². The Hall–Kier alpha value is -2.32. The van der Waals surface area contributed by atoms with Gasteiger partial charge in [0.15, 0.2) is 0 Å². The zero-order chi connectivity index (χ0) is 19.6. The number of azo groups is 1. The molecule has 0 aliphatic carbocycles. The Kier molecular flexibility index (Phi) is 8.35. The SMILES string of the molecule is CCOC(=O)/C(N=Nc1ccc(OC)cc1)=C(/O)CSc1ccc(Br)cc1. The van der Waals surface area contributed by atoms with Crippen molar-refractivity contribution in [1.82, 2.24) is 0 Å². The third kappa shape index (κ3) is 6.73. The Morgan fingerprint density at radius 2 is 1.81 bits per heavy atom. The van der Waals surface area contributed by atoms with Crippen molar-refractivity contribution < 1.29 is 19.4 Å². The van der Waals surface area contributed by atoms with Crippen molar-refractivity contribution in [3.8, 4) is 5.75 Å². The Labute approximate surface area is 170 Å². The number of ether oxygens (including phenoxy) is 2. The topological polar surface area (TPSA) is 80.5 Å². The van der Waals surface area contributed by atoms with Crippen LogP contribution in [0.2, 0.25) is 0 Å². The molecule has 6 nitrogen and oxygen atoms in total. The van der Waals surface area contributed by atoms with E-state index in [9.17, 15) is 9.90 Å². The summed E-state index contributed by atoms with van der Waals surface area (Å²) in [6, 6.07) is 14.5. The summed E-state index contributed by atoms with van der Waals surface area (Å²) < 4.78 is 11.0. The molecule has 0 aromatic heterocycles. The molecule has 8 heteroatoms. The van der Waals surface area contributed by atoms with Crippen LogP contribution in [0.3, 0.4) is 0 Å². The molecule has 0 fully saturated rings. The van der Waals surface area contributed by atoms with Gasteiger partial charge in [-0.25, -0.2) is 4.79 Å². The maximum atomic E-state index is 12.1. The summed E-state index contributed by atoms with van der Waals surface area (Å²) in [5.41, 5.74) is 0.309. The summed E-state index contributed by atoms with van der Waals surface area (Å²) >= 11 is 4.75. The van der Waals surface area contributed by atoms with Crippen LogP contribution in [0, 0.1) is 0 Å². The van der Waals surface area contributed by atoms with Crippen LogP contribution in [0.5, 0.6) is 5.75 Å². The van der Waals surface area contributed by atoms with Crippen LogP contribution >= 0.6 is 27.7 Å². The number of carbonyl (C=O) groups excluding carboxylic acids is 1. The molecule has 0 spiro atoms. The molecule has 0 atom stereocenters. The van der Waals surface area contributed by atoms with Crippen molar-refractivity contribution in [2.24, 2.45) is 10.2 Å². The fourth-order valence-corrected chi connectivity index (χ4v) is 2.96. The Balaban J connectivity index is 2.17.